The molecule has 2 heterocycles. The van der Waals surface area contributed by atoms with Crippen molar-refractivity contribution in [3.8, 4) is 17.1 Å². The Hall–Kier alpha value is -3.58. The minimum atomic E-state index is -0.780. The van der Waals surface area contributed by atoms with E-state index in [1.165, 1.54) is 0 Å². The average molecular weight is 491 g/mol. The number of carboxylic acids is 1. The lowest BCUT2D eigenvalue weighted by molar-refractivity contribution is -0.137. The second-order valence-corrected chi connectivity index (χ2v) is 9.52. The molecule has 1 aromatic heterocycles. The molecule has 190 valence electrons. The third-order valence-electron chi connectivity index (χ3n) is 6.53. The second-order valence-electron chi connectivity index (χ2n) is 9.52. The summed E-state index contributed by atoms with van der Waals surface area (Å²) < 4.78 is 11.9. The monoisotopic (exact) mass is 490 g/mol. The van der Waals surface area contributed by atoms with E-state index >= 15 is 0 Å². The summed E-state index contributed by atoms with van der Waals surface area (Å²) in [6, 6.07) is 19.1. The van der Waals surface area contributed by atoms with Gasteiger partial charge in [0.05, 0.1) is 12.7 Å². The number of benzene rings is 2. The van der Waals surface area contributed by atoms with E-state index in [1.54, 1.807) is 6.26 Å². The van der Waals surface area contributed by atoms with Crippen LogP contribution in [0.2, 0.25) is 0 Å². The smallest absolute Gasteiger partial charge is 0.304 e. The number of piperidine rings is 1. The third kappa shape index (κ3) is 6.55. The molecular weight excluding hydrogens is 456 g/mol. The van der Waals surface area contributed by atoms with Gasteiger partial charge in [0.15, 0.2) is 0 Å². The van der Waals surface area contributed by atoms with E-state index in [1.807, 2.05) is 79.4 Å². The van der Waals surface area contributed by atoms with Crippen LogP contribution in [0.5, 0.6) is 5.75 Å². The van der Waals surface area contributed by atoms with E-state index in [9.17, 15) is 9.59 Å². The second kappa shape index (κ2) is 11.9. The Bertz CT molecular complexity index is 1140. The molecule has 36 heavy (non-hydrogen) atoms. The standard InChI is InChI=1S/C29H34N2O5/c1-21(2)31(29(34)23-13-11-22(12-14-23)26-10-6-18-35-26)19-24-7-3-4-9-27(24)36-25-8-5-16-30(20-25)17-15-28(32)33/h3-4,6-7,9-14,18,21,25H,5,8,15-17,19-20H2,1-2H3,(H,32,33). The number of carbonyl (C=O) groups is 2. The Morgan fingerprint density at radius 3 is 2.58 bits per heavy atom. The minimum absolute atomic E-state index is 0.00324. The number of para-hydroxylation sites is 1. The SMILES string of the molecule is CC(C)N(Cc1ccccc1OC1CCCN(CCC(=O)O)C1)C(=O)c1ccc(-c2ccco2)cc1. The molecule has 7 heteroatoms. The predicted octanol–water partition coefficient (Wildman–Crippen LogP) is 5.32. The predicted molar refractivity (Wildman–Crippen MR) is 138 cm³/mol. The van der Waals surface area contributed by atoms with E-state index in [4.69, 9.17) is 14.3 Å². The van der Waals surface area contributed by atoms with Crippen LogP contribution < -0.4 is 4.74 Å². The molecule has 0 aliphatic carbocycles. The van der Waals surface area contributed by atoms with E-state index in [-0.39, 0.29) is 24.5 Å². The van der Waals surface area contributed by atoms with Crippen molar-refractivity contribution in [3.05, 3.63) is 78.1 Å². The van der Waals surface area contributed by atoms with Gasteiger partial charge in [0.1, 0.15) is 17.6 Å². The van der Waals surface area contributed by atoms with Crippen molar-refractivity contribution in [3.63, 3.8) is 0 Å². The number of rotatable bonds is 10. The summed E-state index contributed by atoms with van der Waals surface area (Å²) in [6.07, 6.45) is 3.65. The van der Waals surface area contributed by atoms with Crippen LogP contribution in [-0.2, 0) is 11.3 Å². The lowest BCUT2D eigenvalue weighted by Gasteiger charge is -2.33. The van der Waals surface area contributed by atoms with E-state index in [2.05, 4.69) is 4.90 Å². The van der Waals surface area contributed by atoms with Crippen molar-refractivity contribution >= 4 is 11.9 Å². The van der Waals surface area contributed by atoms with Crippen molar-refractivity contribution in [1.29, 1.82) is 0 Å². The lowest BCUT2D eigenvalue weighted by atomic mass is 10.1. The molecule has 7 nitrogen and oxygen atoms in total. The quantitative estimate of drug-likeness (QED) is 0.414. The zero-order valence-corrected chi connectivity index (χ0v) is 20.9. The first-order chi connectivity index (χ1) is 17.4. The van der Waals surface area contributed by atoms with Gasteiger partial charge in [0, 0.05) is 42.4 Å². The molecule has 4 rings (SSSR count). The summed E-state index contributed by atoms with van der Waals surface area (Å²) in [7, 11) is 0. The number of furan rings is 1. The molecule has 2 aromatic carbocycles. The Balaban J connectivity index is 1.45. The summed E-state index contributed by atoms with van der Waals surface area (Å²) in [5.74, 6) is 0.722. The lowest BCUT2D eigenvalue weighted by Crippen LogP contribution is -2.42. The maximum absolute atomic E-state index is 13.5. The van der Waals surface area contributed by atoms with Gasteiger partial charge in [-0.15, -0.1) is 0 Å². The van der Waals surface area contributed by atoms with Gasteiger partial charge in [-0.3, -0.25) is 14.5 Å². The van der Waals surface area contributed by atoms with E-state index in [0.717, 1.165) is 42.0 Å². The van der Waals surface area contributed by atoms with Crippen molar-refractivity contribution < 1.29 is 23.8 Å². The maximum atomic E-state index is 13.5. The first-order valence-corrected chi connectivity index (χ1v) is 12.5. The fraction of sp³-hybridized carbons (Fsp3) is 0.379. The topological polar surface area (TPSA) is 83.2 Å². The molecule has 1 saturated heterocycles. The minimum Gasteiger partial charge on any atom is -0.489 e. The fourth-order valence-electron chi connectivity index (χ4n) is 4.55. The number of amides is 1. The van der Waals surface area contributed by atoms with Crippen LogP contribution in [0.3, 0.4) is 0 Å². The maximum Gasteiger partial charge on any atom is 0.304 e. The first-order valence-electron chi connectivity index (χ1n) is 12.5. The molecule has 0 bridgehead atoms. The summed E-state index contributed by atoms with van der Waals surface area (Å²) in [5.41, 5.74) is 2.50. The highest BCUT2D eigenvalue weighted by Crippen LogP contribution is 2.26. The van der Waals surface area contributed by atoms with Gasteiger partial charge in [-0.25, -0.2) is 0 Å². The molecule has 1 fully saturated rings. The van der Waals surface area contributed by atoms with Gasteiger partial charge in [0.25, 0.3) is 5.91 Å². The number of ether oxygens (including phenoxy) is 1. The molecule has 1 atom stereocenters. The molecule has 0 radical (unpaired) electrons. The Morgan fingerprint density at radius 1 is 1.11 bits per heavy atom. The van der Waals surface area contributed by atoms with Crippen LogP contribution in [-0.4, -0.2) is 58.6 Å². The molecule has 1 aliphatic rings. The van der Waals surface area contributed by atoms with Gasteiger partial charge in [0.2, 0.25) is 0 Å². The Kier molecular flexibility index (Phi) is 8.44. The van der Waals surface area contributed by atoms with Crippen molar-refractivity contribution in [1.82, 2.24) is 9.80 Å². The number of hydrogen-bond acceptors (Lipinski definition) is 5. The molecule has 1 N–H and O–H groups in total. The van der Waals surface area contributed by atoms with Crippen LogP contribution in [0.1, 0.15) is 49.0 Å². The molecule has 0 saturated carbocycles. The van der Waals surface area contributed by atoms with Gasteiger partial charge in [-0.05, 0) is 63.6 Å². The molecule has 1 unspecified atom stereocenters. The number of aliphatic carboxylic acids is 1. The number of carbonyl (C=O) groups excluding carboxylic acids is 1. The normalized spacial score (nSPS) is 16.1. The van der Waals surface area contributed by atoms with E-state index < -0.39 is 5.97 Å². The van der Waals surface area contributed by atoms with Crippen LogP contribution in [0, 0.1) is 0 Å². The van der Waals surface area contributed by atoms with Gasteiger partial charge in [-0.2, -0.15) is 0 Å². The number of hydrogen-bond donors (Lipinski definition) is 1. The molecule has 1 amide bonds. The summed E-state index contributed by atoms with van der Waals surface area (Å²) in [5, 5.41) is 9.00. The van der Waals surface area contributed by atoms with Crippen LogP contribution in [0.15, 0.2) is 71.3 Å². The largest absolute Gasteiger partial charge is 0.489 e. The molecule has 1 aliphatic heterocycles. The van der Waals surface area contributed by atoms with Gasteiger partial charge in [-0.1, -0.05) is 30.3 Å². The summed E-state index contributed by atoms with van der Waals surface area (Å²) >= 11 is 0. The number of carboxylic acid groups (broad SMARTS) is 1. The van der Waals surface area contributed by atoms with Crippen LogP contribution in [0.4, 0.5) is 0 Å². The Labute approximate surface area is 212 Å². The average Bonchev–Trinajstić information content (AvgIpc) is 3.42. The molecular formula is C29H34N2O5. The summed E-state index contributed by atoms with van der Waals surface area (Å²) in [4.78, 5) is 28.4. The zero-order valence-electron chi connectivity index (χ0n) is 20.9. The third-order valence-corrected chi connectivity index (χ3v) is 6.53. The van der Waals surface area contributed by atoms with Crippen LogP contribution >= 0.6 is 0 Å². The Morgan fingerprint density at radius 2 is 1.89 bits per heavy atom. The molecule has 3 aromatic rings. The van der Waals surface area contributed by atoms with Crippen molar-refractivity contribution in [2.45, 2.75) is 51.8 Å². The van der Waals surface area contributed by atoms with Gasteiger partial charge >= 0.3 is 5.97 Å². The highest BCUT2D eigenvalue weighted by molar-refractivity contribution is 5.94. The van der Waals surface area contributed by atoms with E-state index in [0.29, 0.717) is 25.2 Å². The highest BCUT2D eigenvalue weighted by Gasteiger charge is 2.24. The van der Waals surface area contributed by atoms with Crippen LogP contribution in [0.25, 0.3) is 11.3 Å². The summed E-state index contributed by atoms with van der Waals surface area (Å²) in [6.45, 7) is 6.59. The van der Waals surface area contributed by atoms with Gasteiger partial charge < -0.3 is 19.2 Å². The fourth-order valence-corrected chi connectivity index (χ4v) is 4.55. The highest BCUT2D eigenvalue weighted by atomic mass is 16.5. The zero-order chi connectivity index (χ0) is 25.5. The number of likely N-dealkylation sites (tertiary alicyclic amines) is 1. The van der Waals surface area contributed by atoms with Crippen molar-refractivity contribution in [2.75, 3.05) is 19.6 Å². The number of nitrogens with zero attached hydrogens (tertiary/aromatic N) is 2. The van der Waals surface area contributed by atoms with Crippen molar-refractivity contribution in [2.24, 2.45) is 0 Å². The molecule has 0 spiro atoms. The first kappa shape index (κ1) is 25.5.